The van der Waals surface area contributed by atoms with Crippen LogP contribution in [0.5, 0.6) is 0 Å². The van der Waals surface area contributed by atoms with E-state index in [4.69, 9.17) is 4.74 Å². The molecule has 2 N–H and O–H groups in total. The quantitative estimate of drug-likeness (QED) is 0.725. The first-order valence-electron chi connectivity index (χ1n) is 6.16. The zero-order valence-corrected chi connectivity index (χ0v) is 10.9. The molecule has 0 aliphatic carbocycles. The van der Waals surface area contributed by atoms with Gasteiger partial charge in [-0.1, -0.05) is 0 Å². The van der Waals surface area contributed by atoms with Crippen molar-refractivity contribution in [3.8, 4) is 0 Å². The number of carbonyl (C=O) groups is 1. The molecule has 0 spiro atoms. The van der Waals surface area contributed by atoms with Crippen LogP contribution in [0.1, 0.15) is 12.8 Å². The fraction of sp³-hybridized carbons (Fsp3) is 0.909. The molecule has 100 valence electrons. The van der Waals surface area contributed by atoms with Gasteiger partial charge in [0.1, 0.15) is 0 Å². The number of carbonyl (C=O) groups excluding carboxylic acids is 1. The van der Waals surface area contributed by atoms with Crippen LogP contribution in [0.15, 0.2) is 0 Å². The molecule has 5 nitrogen and oxygen atoms in total. The number of hydrogen-bond acceptors (Lipinski definition) is 4. The second kappa shape index (κ2) is 7.87. The molecular weight excluding hydrogens is 242 g/mol. The Bertz CT molecular complexity index is 229. The number of ether oxygens (including phenoxy) is 1. The van der Waals surface area contributed by atoms with E-state index in [1.165, 1.54) is 0 Å². The highest BCUT2D eigenvalue weighted by Crippen LogP contribution is 2.10. The molecule has 0 saturated carbocycles. The zero-order chi connectivity index (χ0) is 11.2. The molecule has 2 fully saturated rings. The lowest BCUT2D eigenvalue weighted by atomic mass is 10.2. The summed E-state index contributed by atoms with van der Waals surface area (Å²) in [6.07, 6.45) is 2.44. The average Bonchev–Trinajstić information content (AvgIpc) is 2.81. The summed E-state index contributed by atoms with van der Waals surface area (Å²) < 4.78 is 5.45. The molecule has 17 heavy (non-hydrogen) atoms. The molecule has 1 unspecified atom stereocenters. The Balaban J connectivity index is 0.00000144. The molecular formula is C11H22ClN3O2. The van der Waals surface area contributed by atoms with Crippen molar-refractivity contribution < 1.29 is 9.53 Å². The van der Waals surface area contributed by atoms with E-state index in [9.17, 15) is 4.79 Å². The van der Waals surface area contributed by atoms with Crippen molar-refractivity contribution in [2.45, 2.75) is 18.9 Å². The van der Waals surface area contributed by atoms with Crippen LogP contribution in [0.25, 0.3) is 0 Å². The molecule has 2 aliphatic rings. The van der Waals surface area contributed by atoms with E-state index in [0.29, 0.717) is 13.1 Å². The highest BCUT2D eigenvalue weighted by molar-refractivity contribution is 5.85. The summed E-state index contributed by atoms with van der Waals surface area (Å²) in [6.45, 7) is 5.94. The molecule has 0 aromatic heterocycles. The predicted octanol–water partition coefficient (Wildman–Crippen LogP) is -0.391. The van der Waals surface area contributed by atoms with Gasteiger partial charge in [-0.3, -0.25) is 9.69 Å². The Morgan fingerprint density at radius 3 is 2.82 bits per heavy atom. The Morgan fingerprint density at radius 1 is 1.41 bits per heavy atom. The van der Waals surface area contributed by atoms with Crippen molar-refractivity contribution in [2.75, 3.05) is 45.9 Å². The Morgan fingerprint density at radius 2 is 2.18 bits per heavy atom. The second-order valence-electron chi connectivity index (χ2n) is 4.47. The third-order valence-electron chi connectivity index (χ3n) is 3.13. The second-order valence-corrected chi connectivity index (χ2v) is 4.47. The monoisotopic (exact) mass is 263 g/mol. The topological polar surface area (TPSA) is 53.6 Å². The van der Waals surface area contributed by atoms with Crippen LogP contribution < -0.4 is 10.6 Å². The number of nitrogens with one attached hydrogen (secondary N) is 2. The lowest BCUT2D eigenvalue weighted by Crippen LogP contribution is -2.48. The summed E-state index contributed by atoms with van der Waals surface area (Å²) in [5.41, 5.74) is 0. The van der Waals surface area contributed by atoms with Gasteiger partial charge in [0.05, 0.1) is 12.6 Å². The van der Waals surface area contributed by atoms with Crippen LogP contribution in [0.2, 0.25) is 0 Å². The van der Waals surface area contributed by atoms with E-state index >= 15 is 0 Å². The third-order valence-corrected chi connectivity index (χ3v) is 3.13. The van der Waals surface area contributed by atoms with Gasteiger partial charge in [-0.2, -0.15) is 0 Å². The van der Waals surface area contributed by atoms with Gasteiger partial charge in [-0.15, -0.1) is 12.4 Å². The molecule has 2 saturated heterocycles. The number of rotatable bonds is 4. The molecule has 0 radical (unpaired) electrons. The largest absolute Gasteiger partial charge is 0.376 e. The molecule has 2 heterocycles. The summed E-state index contributed by atoms with van der Waals surface area (Å²) in [5.74, 6) is 0.123. The minimum absolute atomic E-state index is 0. The molecule has 0 aromatic rings. The fourth-order valence-electron chi connectivity index (χ4n) is 2.16. The third kappa shape index (κ3) is 5.21. The summed E-state index contributed by atoms with van der Waals surface area (Å²) in [5, 5.41) is 6.22. The van der Waals surface area contributed by atoms with Gasteiger partial charge in [0.25, 0.3) is 0 Å². The van der Waals surface area contributed by atoms with E-state index in [0.717, 1.165) is 45.6 Å². The molecule has 2 aliphatic heterocycles. The SMILES string of the molecule is Cl.O=C(CN1CCNCC1)NCC1CCCO1. The lowest BCUT2D eigenvalue weighted by molar-refractivity contribution is -0.122. The van der Waals surface area contributed by atoms with E-state index in [2.05, 4.69) is 15.5 Å². The summed E-state index contributed by atoms with van der Waals surface area (Å²) in [4.78, 5) is 13.8. The van der Waals surface area contributed by atoms with Crippen molar-refractivity contribution in [3.63, 3.8) is 0 Å². The molecule has 2 rings (SSSR count). The number of hydrogen-bond donors (Lipinski definition) is 2. The van der Waals surface area contributed by atoms with Crippen LogP contribution in [-0.2, 0) is 9.53 Å². The van der Waals surface area contributed by atoms with Crippen LogP contribution in [0, 0.1) is 0 Å². The maximum atomic E-state index is 11.6. The first kappa shape index (κ1) is 14.7. The van der Waals surface area contributed by atoms with Crippen molar-refractivity contribution in [2.24, 2.45) is 0 Å². The molecule has 0 bridgehead atoms. The summed E-state index contributed by atoms with van der Waals surface area (Å²) in [7, 11) is 0. The van der Waals surface area contributed by atoms with Gasteiger partial charge in [-0.25, -0.2) is 0 Å². The van der Waals surface area contributed by atoms with Crippen molar-refractivity contribution in [1.29, 1.82) is 0 Å². The Kier molecular flexibility index (Phi) is 6.80. The maximum absolute atomic E-state index is 11.6. The normalized spacial score (nSPS) is 25.3. The minimum Gasteiger partial charge on any atom is -0.376 e. The molecule has 1 amide bonds. The van der Waals surface area contributed by atoms with Crippen LogP contribution in [-0.4, -0.2) is 62.8 Å². The summed E-state index contributed by atoms with van der Waals surface area (Å²) >= 11 is 0. The van der Waals surface area contributed by atoms with Gasteiger partial charge >= 0.3 is 0 Å². The van der Waals surface area contributed by atoms with E-state index in [1.807, 2.05) is 0 Å². The van der Waals surface area contributed by atoms with Crippen LogP contribution >= 0.6 is 12.4 Å². The van der Waals surface area contributed by atoms with E-state index < -0.39 is 0 Å². The molecule has 0 aromatic carbocycles. The van der Waals surface area contributed by atoms with Gasteiger partial charge in [0, 0.05) is 39.3 Å². The van der Waals surface area contributed by atoms with Gasteiger partial charge in [-0.05, 0) is 12.8 Å². The van der Waals surface area contributed by atoms with Crippen molar-refractivity contribution in [1.82, 2.24) is 15.5 Å². The number of piperazine rings is 1. The average molecular weight is 264 g/mol. The van der Waals surface area contributed by atoms with Crippen LogP contribution in [0.4, 0.5) is 0 Å². The smallest absolute Gasteiger partial charge is 0.234 e. The maximum Gasteiger partial charge on any atom is 0.234 e. The Labute approximate surface area is 109 Å². The highest BCUT2D eigenvalue weighted by Gasteiger charge is 2.17. The number of nitrogens with zero attached hydrogens (tertiary/aromatic N) is 1. The van der Waals surface area contributed by atoms with Gasteiger partial charge in [0.2, 0.25) is 5.91 Å². The Hall–Kier alpha value is -0.360. The van der Waals surface area contributed by atoms with Crippen LogP contribution in [0.3, 0.4) is 0 Å². The lowest BCUT2D eigenvalue weighted by Gasteiger charge is -2.26. The first-order valence-corrected chi connectivity index (χ1v) is 6.16. The minimum atomic E-state index is 0. The van der Waals surface area contributed by atoms with Gasteiger partial charge < -0.3 is 15.4 Å². The number of halogens is 1. The molecule has 1 atom stereocenters. The predicted molar refractivity (Wildman–Crippen MR) is 68.5 cm³/mol. The van der Waals surface area contributed by atoms with E-state index in [-0.39, 0.29) is 24.4 Å². The fourth-order valence-corrected chi connectivity index (χ4v) is 2.16. The first-order chi connectivity index (χ1) is 7.84. The van der Waals surface area contributed by atoms with Crippen molar-refractivity contribution >= 4 is 18.3 Å². The molecule has 6 heteroatoms. The van der Waals surface area contributed by atoms with E-state index in [1.54, 1.807) is 0 Å². The summed E-state index contributed by atoms with van der Waals surface area (Å²) in [6, 6.07) is 0. The standard InChI is InChI=1S/C11H21N3O2.ClH/c15-11(9-14-5-3-12-4-6-14)13-8-10-2-1-7-16-10;/h10,12H,1-9H2,(H,13,15);1H. The van der Waals surface area contributed by atoms with Crippen molar-refractivity contribution in [3.05, 3.63) is 0 Å². The zero-order valence-electron chi connectivity index (χ0n) is 10.1. The highest BCUT2D eigenvalue weighted by atomic mass is 35.5. The number of amides is 1. The van der Waals surface area contributed by atoms with Gasteiger partial charge in [0.15, 0.2) is 0 Å².